The van der Waals surface area contributed by atoms with Crippen molar-refractivity contribution in [3.05, 3.63) is 34.4 Å². The maximum atomic E-state index is 12.2. The first-order chi connectivity index (χ1) is 12.7. The van der Waals surface area contributed by atoms with E-state index in [0.29, 0.717) is 5.92 Å². The van der Waals surface area contributed by atoms with Crippen molar-refractivity contribution in [2.75, 3.05) is 11.5 Å². The second-order valence-corrected chi connectivity index (χ2v) is 6.54. The quantitative estimate of drug-likeness (QED) is 0.445. The van der Waals surface area contributed by atoms with E-state index in [2.05, 4.69) is 33.4 Å². The van der Waals surface area contributed by atoms with Crippen LogP contribution in [0.25, 0.3) is 6.08 Å². The maximum Gasteiger partial charge on any atom is 0.349 e. The first kappa shape index (κ1) is 19.9. The molecule has 2 rings (SSSR count). The van der Waals surface area contributed by atoms with Crippen LogP contribution in [0.3, 0.4) is 0 Å². The number of nitrogen functional groups attached to an aromatic ring is 2. The number of anilines is 2. The molecule has 2 aromatic rings. The molecule has 0 radical (unpaired) electrons. The van der Waals surface area contributed by atoms with Crippen LogP contribution in [-0.4, -0.2) is 25.5 Å². The smallest absolute Gasteiger partial charge is 0.349 e. The molecule has 4 N–H and O–H groups in total. The SMILES string of the molecule is Cc1cc(/C=C(\C#N)C(=O)OCc2nc(N)nc(N)n2)c(C)n1CC(C)C. The number of ether oxygens (including phenoxy) is 1. The van der Waals surface area contributed by atoms with E-state index < -0.39 is 5.97 Å². The van der Waals surface area contributed by atoms with Gasteiger partial charge in [-0.05, 0) is 37.5 Å². The Morgan fingerprint density at radius 2 is 1.93 bits per heavy atom. The summed E-state index contributed by atoms with van der Waals surface area (Å²) in [6, 6.07) is 3.82. The van der Waals surface area contributed by atoms with Gasteiger partial charge >= 0.3 is 5.97 Å². The zero-order valence-electron chi connectivity index (χ0n) is 15.9. The lowest BCUT2D eigenvalue weighted by Gasteiger charge is -2.12. The summed E-state index contributed by atoms with van der Waals surface area (Å²) in [5, 5.41) is 9.35. The maximum absolute atomic E-state index is 12.2. The van der Waals surface area contributed by atoms with E-state index in [4.69, 9.17) is 16.2 Å². The van der Waals surface area contributed by atoms with Crippen molar-refractivity contribution >= 4 is 23.9 Å². The van der Waals surface area contributed by atoms with E-state index in [1.807, 2.05) is 26.0 Å². The number of nitrogens with zero attached hydrogens (tertiary/aromatic N) is 5. The molecule has 9 nitrogen and oxygen atoms in total. The topological polar surface area (TPSA) is 146 Å². The highest BCUT2D eigenvalue weighted by Gasteiger charge is 2.15. The highest BCUT2D eigenvalue weighted by atomic mass is 16.5. The Labute approximate surface area is 157 Å². The summed E-state index contributed by atoms with van der Waals surface area (Å²) in [6.45, 7) is 8.81. The van der Waals surface area contributed by atoms with Crippen LogP contribution in [0.5, 0.6) is 0 Å². The number of hydrogen-bond acceptors (Lipinski definition) is 8. The Morgan fingerprint density at radius 3 is 2.48 bits per heavy atom. The Morgan fingerprint density at radius 1 is 1.30 bits per heavy atom. The fraction of sp³-hybridized carbons (Fsp3) is 0.389. The molecule has 0 aromatic carbocycles. The van der Waals surface area contributed by atoms with Gasteiger partial charge in [-0.2, -0.15) is 20.2 Å². The van der Waals surface area contributed by atoms with Gasteiger partial charge in [0.25, 0.3) is 0 Å². The van der Waals surface area contributed by atoms with E-state index >= 15 is 0 Å². The molecule has 0 aliphatic rings. The monoisotopic (exact) mass is 369 g/mol. The van der Waals surface area contributed by atoms with E-state index in [0.717, 1.165) is 23.5 Å². The zero-order chi connectivity index (χ0) is 20.1. The van der Waals surface area contributed by atoms with Crippen LogP contribution in [0.1, 0.15) is 36.6 Å². The number of nitrogens with two attached hydrogens (primary N) is 2. The van der Waals surface area contributed by atoms with Crippen molar-refractivity contribution in [1.82, 2.24) is 19.5 Å². The number of rotatable bonds is 6. The van der Waals surface area contributed by atoms with Gasteiger partial charge in [0.05, 0.1) is 0 Å². The number of carbonyl (C=O) groups is 1. The average Bonchev–Trinajstić information content (AvgIpc) is 2.83. The summed E-state index contributed by atoms with van der Waals surface area (Å²) in [7, 11) is 0. The fourth-order valence-electron chi connectivity index (χ4n) is 2.64. The summed E-state index contributed by atoms with van der Waals surface area (Å²) < 4.78 is 7.26. The molecule has 142 valence electrons. The molecule has 2 aromatic heterocycles. The number of aryl methyl sites for hydroxylation is 1. The molecule has 0 atom stereocenters. The van der Waals surface area contributed by atoms with Crippen LogP contribution in [0.4, 0.5) is 11.9 Å². The van der Waals surface area contributed by atoms with Crippen LogP contribution in [0.2, 0.25) is 0 Å². The molecule has 0 amide bonds. The predicted octanol–water partition coefficient (Wildman–Crippen LogP) is 1.76. The van der Waals surface area contributed by atoms with Gasteiger partial charge in [-0.25, -0.2) is 4.79 Å². The molecule has 0 saturated carbocycles. The molecule has 0 aliphatic carbocycles. The summed E-state index contributed by atoms with van der Waals surface area (Å²) in [5.74, 6) is -0.318. The molecule has 9 heteroatoms. The van der Waals surface area contributed by atoms with Gasteiger partial charge in [-0.1, -0.05) is 13.8 Å². The van der Waals surface area contributed by atoms with E-state index in [9.17, 15) is 10.1 Å². The third kappa shape index (κ3) is 5.04. The van der Waals surface area contributed by atoms with Crippen molar-refractivity contribution in [3.63, 3.8) is 0 Å². The number of nitriles is 1. The Kier molecular flexibility index (Phi) is 6.13. The molecular formula is C18H23N7O2. The van der Waals surface area contributed by atoms with Crippen LogP contribution in [-0.2, 0) is 22.7 Å². The summed E-state index contributed by atoms with van der Waals surface area (Å²) >= 11 is 0. The van der Waals surface area contributed by atoms with Gasteiger partial charge in [0, 0.05) is 17.9 Å². The normalized spacial score (nSPS) is 11.5. The summed E-state index contributed by atoms with van der Waals surface area (Å²) in [6.07, 6.45) is 1.53. The molecule has 0 bridgehead atoms. The molecule has 2 heterocycles. The number of carbonyl (C=O) groups excluding carboxylic acids is 1. The second-order valence-electron chi connectivity index (χ2n) is 6.54. The van der Waals surface area contributed by atoms with Gasteiger partial charge in [0.2, 0.25) is 11.9 Å². The molecule has 0 spiro atoms. The predicted molar refractivity (Wildman–Crippen MR) is 101 cm³/mol. The van der Waals surface area contributed by atoms with E-state index in [1.165, 1.54) is 6.08 Å². The summed E-state index contributed by atoms with van der Waals surface area (Å²) in [5.41, 5.74) is 13.7. The molecular weight excluding hydrogens is 346 g/mol. The lowest BCUT2D eigenvalue weighted by Crippen LogP contribution is -2.12. The third-order valence-electron chi connectivity index (χ3n) is 3.85. The standard InChI is InChI=1S/C18H23N7O2/c1-10(2)8-25-11(3)5-13(12(25)4)6-14(7-19)16(26)27-9-15-22-17(20)24-18(21)23-15/h5-6,10H,8-9H2,1-4H3,(H4,20,21,22,23,24)/b14-6+. The van der Waals surface area contributed by atoms with Crippen LogP contribution in [0.15, 0.2) is 11.6 Å². The zero-order valence-corrected chi connectivity index (χ0v) is 15.9. The van der Waals surface area contributed by atoms with Crippen LogP contribution < -0.4 is 11.5 Å². The Bertz CT molecular complexity index is 902. The van der Waals surface area contributed by atoms with E-state index in [1.54, 1.807) is 0 Å². The van der Waals surface area contributed by atoms with Gasteiger partial charge in [-0.3, -0.25) is 0 Å². The first-order valence-corrected chi connectivity index (χ1v) is 8.42. The molecule has 0 unspecified atom stereocenters. The number of hydrogen-bond donors (Lipinski definition) is 2. The molecule has 0 saturated heterocycles. The highest BCUT2D eigenvalue weighted by Crippen LogP contribution is 2.20. The third-order valence-corrected chi connectivity index (χ3v) is 3.85. The van der Waals surface area contributed by atoms with Crippen molar-refractivity contribution < 1.29 is 9.53 Å². The van der Waals surface area contributed by atoms with Gasteiger partial charge in [0.1, 0.15) is 11.6 Å². The van der Waals surface area contributed by atoms with Crippen LogP contribution >= 0.6 is 0 Å². The summed E-state index contributed by atoms with van der Waals surface area (Å²) in [4.78, 5) is 23.5. The lowest BCUT2D eigenvalue weighted by atomic mass is 10.1. The minimum absolute atomic E-state index is 0.0674. The second kappa shape index (κ2) is 8.31. The van der Waals surface area contributed by atoms with Gasteiger partial charge in [-0.15, -0.1) is 0 Å². The minimum Gasteiger partial charge on any atom is -0.453 e. The molecule has 0 aliphatic heterocycles. The molecule has 0 fully saturated rings. The van der Waals surface area contributed by atoms with Gasteiger partial charge < -0.3 is 20.8 Å². The van der Waals surface area contributed by atoms with Crippen molar-refractivity contribution in [2.24, 2.45) is 5.92 Å². The largest absolute Gasteiger partial charge is 0.453 e. The minimum atomic E-state index is -0.774. The Balaban J connectivity index is 2.18. The number of esters is 1. The van der Waals surface area contributed by atoms with Crippen molar-refractivity contribution in [3.8, 4) is 6.07 Å². The van der Waals surface area contributed by atoms with Gasteiger partial charge in [0.15, 0.2) is 12.4 Å². The first-order valence-electron chi connectivity index (χ1n) is 8.42. The lowest BCUT2D eigenvalue weighted by molar-refractivity contribution is -0.139. The average molecular weight is 369 g/mol. The van der Waals surface area contributed by atoms with Crippen molar-refractivity contribution in [2.45, 2.75) is 40.8 Å². The molecule has 27 heavy (non-hydrogen) atoms. The van der Waals surface area contributed by atoms with Crippen molar-refractivity contribution in [1.29, 1.82) is 5.26 Å². The number of aromatic nitrogens is 4. The Hall–Kier alpha value is -3.41. The van der Waals surface area contributed by atoms with Crippen LogP contribution in [0, 0.1) is 31.1 Å². The highest BCUT2D eigenvalue weighted by molar-refractivity contribution is 5.98. The fourth-order valence-corrected chi connectivity index (χ4v) is 2.64. The van der Waals surface area contributed by atoms with E-state index in [-0.39, 0.29) is 29.9 Å².